The van der Waals surface area contributed by atoms with E-state index >= 15 is 4.79 Å². The number of carbonyl (C=O) groups is 3. The van der Waals surface area contributed by atoms with Gasteiger partial charge in [0.25, 0.3) is 0 Å². The number of hydrogen-bond acceptors (Lipinski definition) is 8. The number of aromatic hydroxyl groups is 1. The van der Waals surface area contributed by atoms with Crippen molar-refractivity contribution in [1.82, 2.24) is 4.90 Å². The molecule has 0 radical (unpaired) electrons. The van der Waals surface area contributed by atoms with Crippen molar-refractivity contribution < 1.29 is 38.8 Å². The Labute approximate surface area is 295 Å². The Kier molecular flexibility index (Phi) is 8.30. The smallest absolute Gasteiger partial charge is 0.327 e. The minimum Gasteiger partial charge on any atom is -0.506 e. The second-order valence-corrected chi connectivity index (χ2v) is 16.5. The van der Waals surface area contributed by atoms with Crippen LogP contribution in [0.4, 0.5) is 0 Å². The van der Waals surface area contributed by atoms with Crippen molar-refractivity contribution in [3.63, 3.8) is 0 Å². The number of benzene rings is 1. The van der Waals surface area contributed by atoms with Gasteiger partial charge in [0.1, 0.15) is 28.4 Å². The third-order valence-corrected chi connectivity index (χ3v) is 12.3. The van der Waals surface area contributed by atoms with E-state index in [-0.39, 0.29) is 41.0 Å². The predicted octanol–water partition coefficient (Wildman–Crippen LogP) is 7.00. The average Bonchev–Trinajstić information content (AvgIpc) is 3.60. The molecule has 0 aromatic heterocycles. The fraction of sp³-hybridized carbons (Fsp3) is 0.585. The summed E-state index contributed by atoms with van der Waals surface area (Å²) in [6, 6.07) is -0.419. The summed E-state index contributed by atoms with van der Waals surface area (Å²) in [5.74, 6) is -2.60. The van der Waals surface area contributed by atoms with Gasteiger partial charge in [-0.15, -0.1) is 0 Å². The summed E-state index contributed by atoms with van der Waals surface area (Å²) in [6.07, 6.45) is 14.9. The molecule has 8 rings (SSSR count). The van der Waals surface area contributed by atoms with E-state index in [1.807, 2.05) is 46.8 Å². The molecule has 3 unspecified atom stereocenters. The monoisotopic (exact) mass is 685 g/mol. The number of Topliss-reactive ketones (excluding diaryl/α,β-unsaturated/α-hetero) is 2. The zero-order valence-corrected chi connectivity index (χ0v) is 30.4. The number of carbonyl (C=O) groups excluding carboxylic acids is 2. The quantitative estimate of drug-likeness (QED) is 0.209. The highest BCUT2D eigenvalue weighted by Crippen LogP contribution is 2.71. The number of carboxylic acid groups (broad SMARTS) is 1. The van der Waals surface area contributed by atoms with Crippen LogP contribution in [0, 0.1) is 17.8 Å². The molecule has 2 N–H and O–H groups in total. The number of phenols is 1. The molecule has 1 aromatic rings. The molecule has 9 nitrogen and oxygen atoms in total. The van der Waals surface area contributed by atoms with Crippen LogP contribution >= 0.6 is 0 Å². The van der Waals surface area contributed by atoms with Gasteiger partial charge < -0.3 is 24.4 Å². The Balaban J connectivity index is 1.48. The number of carboxylic acids is 1. The van der Waals surface area contributed by atoms with Gasteiger partial charge in [-0.2, -0.15) is 0 Å². The molecule has 50 heavy (non-hydrogen) atoms. The van der Waals surface area contributed by atoms with E-state index in [2.05, 4.69) is 30.9 Å². The lowest BCUT2D eigenvalue weighted by atomic mass is 9.44. The number of phenolic OH excluding ortho intramolecular Hbond substituents is 1. The minimum absolute atomic E-state index is 0.0394. The molecule has 7 atom stereocenters. The van der Waals surface area contributed by atoms with E-state index in [0.717, 1.165) is 44.0 Å². The molecule has 4 heterocycles. The summed E-state index contributed by atoms with van der Waals surface area (Å²) in [5, 5.41) is 21.7. The maximum absolute atomic E-state index is 15.5. The highest BCUT2D eigenvalue weighted by atomic mass is 16.6. The second kappa shape index (κ2) is 11.9. The molecule has 1 aromatic carbocycles. The van der Waals surface area contributed by atoms with E-state index in [9.17, 15) is 19.8 Å². The Morgan fingerprint density at radius 3 is 2.38 bits per heavy atom. The summed E-state index contributed by atoms with van der Waals surface area (Å²) >= 11 is 0. The van der Waals surface area contributed by atoms with Crippen LogP contribution in [0.25, 0.3) is 6.08 Å². The van der Waals surface area contributed by atoms with Gasteiger partial charge in [0, 0.05) is 35.9 Å². The lowest BCUT2D eigenvalue weighted by molar-refractivity contribution is -0.212. The number of hydrogen-bond donors (Lipinski definition) is 2. The first-order valence-electron chi connectivity index (χ1n) is 18.2. The summed E-state index contributed by atoms with van der Waals surface area (Å²) in [5.41, 5.74) is -1.02. The van der Waals surface area contributed by atoms with Crippen molar-refractivity contribution in [3.05, 3.63) is 58.2 Å². The Morgan fingerprint density at radius 1 is 1.02 bits per heavy atom. The first-order valence-corrected chi connectivity index (χ1v) is 18.2. The first kappa shape index (κ1) is 34.7. The standard InChI is InChI=1S/C41H51NO8/c1-23(2)12-10-17-39(7)19-16-25-33(45)30-34(46)31-32(42-20-8-9-21-42)27-22-28-38(5,6)50-40(37(27)47,18-11-13-29(43)44)41(28,31)49-36(30)26(35(25)48-39)15-14-24(3)4/h11-14,16,19,27-28,31-32,45H,8-10,15,17-18,20-22H2,1-7H3,(H,43,44)/b13-11+/t27-,28?,31?,32?,39+,40-,41-/m0/s1. The molecule has 9 heteroatoms. The van der Waals surface area contributed by atoms with Gasteiger partial charge in [-0.05, 0) is 112 Å². The lowest BCUT2D eigenvalue weighted by Crippen LogP contribution is -2.81. The van der Waals surface area contributed by atoms with Gasteiger partial charge in [0.05, 0.1) is 17.1 Å². The number of fused-ring (bicyclic) bond motifs is 2. The van der Waals surface area contributed by atoms with Crippen LogP contribution in [0.1, 0.15) is 108 Å². The van der Waals surface area contributed by atoms with Crippen molar-refractivity contribution >= 4 is 23.6 Å². The van der Waals surface area contributed by atoms with Crippen LogP contribution in [0.3, 0.4) is 0 Å². The third-order valence-electron chi connectivity index (χ3n) is 12.3. The van der Waals surface area contributed by atoms with Crippen molar-refractivity contribution in [2.45, 2.75) is 122 Å². The lowest BCUT2D eigenvalue weighted by Gasteiger charge is -2.64. The normalized spacial score (nSPS) is 34.5. The van der Waals surface area contributed by atoms with E-state index in [4.69, 9.17) is 14.2 Å². The van der Waals surface area contributed by atoms with E-state index in [0.29, 0.717) is 36.1 Å². The first-order chi connectivity index (χ1) is 23.6. The molecule has 2 saturated heterocycles. The van der Waals surface area contributed by atoms with Crippen molar-refractivity contribution in [1.29, 1.82) is 0 Å². The molecule has 3 aliphatic carbocycles. The molecule has 0 amide bonds. The molecule has 5 fully saturated rings. The largest absolute Gasteiger partial charge is 0.506 e. The number of allylic oxidation sites excluding steroid dienone is 4. The summed E-state index contributed by atoms with van der Waals surface area (Å²) in [4.78, 5) is 44.4. The third kappa shape index (κ3) is 4.97. The topological polar surface area (TPSA) is 123 Å². The molecule has 4 aliphatic heterocycles. The average molecular weight is 686 g/mol. The maximum Gasteiger partial charge on any atom is 0.327 e. The zero-order valence-electron chi connectivity index (χ0n) is 30.4. The Morgan fingerprint density at radius 2 is 1.72 bits per heavy atom. The molecule has 3 saturated carbocycles. The fourth-order valence-electron chi connectivity index (χ4n) is 10.2. The summed E-state index contributed by atoms with van der Waals surface area (Å²) in [7, 11) is 0. The molecule has 1 spiro atoms. The predicted molar refractivity (Wildman–Crippen MR) is 190 cm³/mol. The summed E-state index contributed by atoms with van der Waals surface area (Å²) < 4.78 is 21.2. The Hall–Kier alpha value is -3.69. The van der Waals surface area contributed by atoms with E-state index in [1.165, 1.54) is 11.6 Å². The number of aliphatic carboxylic acids is 1. The second-order valence-electron chi connectivity index (χ2n) is 16.5. The Bertz CT molecular complexity index is 1770. The zero-order chi connectivity index (χ0) is 36.0. The number of nitrogens with zero attached hydrogens (tertiary/aromatic N) is 1. The van der Waals surface area contributed by atoms with Crippen LogP contribution in [0.15, 0.2) is 41.5 Å². The number of ketones is 2. The van der Waals surface area contributed by atoms with Crippen LogP contribution < -0.4 is 9.47 Å². The van der Waals surface area contributed by atoms with Gasteiger partial charge in [-0.1, -0.05) is 29.4 Å². The highest BCUT2D eigenvalue weighted by molar-refractivity contribution is 6.10. The van der Waals surface area contributed by atoms with Gasteiger partial charge in [0.15, 0.2) is 22.8 Å². The SMILES string of the molecule is CC(C)=CCC[C@]1(C)C=Cc2c(O)c3c(c(CC=C(C)C)c2O1)O[C@]12C(C3=O)C(N3CCCC3)[C@@H]3CC1C(C)(C)O[C@@]2(C/C=C/C(=O)O)C3=O. The molecule has 268 valence electrons. The van der Waals surface area contributed by atoms with Gasteiger partial charge in [-0.3, -0.25) is 14.5 Å². The van der Waals surface area contributed by atoms with Gasteiger partial charge >= 0.3 is 5.97 Å². The number of likely N-dealkylation sites (tertiary alicyclic amines) is 1. The number of rotatable bonds is 9. The molecule has 4 bridgehead atoms. The van der Waals surface area contributed by atoms with Crippen molar-refractivity contribution in [2.24, 2.45) is 17.8 Å². The van der Waals surface area contributed by atoms with Gasteiger partial charge in [-0.25, -0.2) is 4.79 Å². The van der Waals surface area contributed by atoms with E-state index < -0.39 is 46.3 Å². The fourth-order valence-corrected chi connectivity index (χ4v) is 10.2. The van der Waals surface area contributed by atoms with Crippen molar-refractivity contribution in [3.8, 4) is 17.2 Å². The van der Waals surface area contributed by atoms with Gasteiger partial charge in [0.2, 0.25) is 0 Å². The molecule has 7 aliphatic rings. The van der Waals surface area contributed by atoms with Crippen LogP contribution in [-0.2, 0) is 20.7 Å². The maximum atomic E-state index is 15.5. The summed E-state index contributed by atoms with van der Waals surface area (Å²) in [6.45, 7) is 15.6. The number of ether oxygens (including phenoxy) is 3. The molecular formula is C41H51NO8. The van der Waals surface area contributed by atoms with Crippen LogP contribution in [0.2, 0.25) is 0 Å². The molecular weight excluding hydrogens is 634 g/mol. The van der Waals surface area contributed by atoms with Crippen LogP contribution in [0.5, 0.6) is 17.2 Å². The van der Waals surface area contributed by atoms with Crippen LogP contribution in [-0.4, -0.2) is 74.2 Å². The van der Waals surface area contributed by atoms with Crippen molar-refractivity contribution in [2.75, 3.05) is 13.1 Å². The highest BCUT2D eigenvalue weighted by Gasteiger charge is 2.85. The van der Waals surface area contributed by atoms with E-state index in [1.54, 1.807) is 0 Å². The minimum atomic E-state index is -1.59.